The molecule has 2 amide bonds. The largest absolute Gasteiger partial charge is 0.366 e. The summed E-state index contributed by atoms with van der Waals surface area (Å²) in [4.78, 5) is 23.9. The number of amides is 2. The van der Waals surface area contributed by atoms with Crippen LogP contribution in [0.25, 0.3) is 0 Å². The van der Waals surface area contributed by atoms with Crippen LogP contribution in [0.3, 0.4) is 0 Å². The van der Waals surface area contributed by atoms with Crippen molar-refractivity contribution >= 4 is 56.4 Å². The average Bonchev–Trinajstić information content (AvgIpc) is 2.70. The first-order valence-corrected chi connectivity index (χ1v) is 10.7. The number of anilines is 2. The summed E-state index contributed by atoms with van der Waals surface area (Å²) >= 11 is 11.8. The van der Waals surface area contributed by atoms with Crippen LogP contribution in [0.5, 0.6) is 0 Å². The molecule has 0 saturated heterocycles. The fourth-order valence-electron chi connectivity index (χ4n) is 2.62. The summed E-state index contributed by atoms with van der Waals surface area (Å²) < 4.78 is 27.7. The van der Waals surface area contributed by atoms with Gasteiger partial charge >= 0.3 is 0 Å². The molecule has 10 heteroatoms. The predicted octanol–water partition coefficient (Wildman–Crippen LogP) is 4.15. The van der Waals surface area contributed by atoms with Crippen molar-refractivity contribution in [2.45, 2.75) is 4.90 Å². The van der Waals surface area contributed by atoms with Crippen molar-refractivity contribution in [2.24, 2.45) is 5.73 Å². The Balaban J connectivity index is 1.85. The smallest absolute Gasteiger partial charge is 0.263 e. The van der Waals surface area contributed by atoms with Gasteiger partial charge < -0.3 is 11.1 Å². The molecule has 4 N–H and O–H groups in total. The van der Waals surface area contributed by atoms with Crippen molar-refractivity contribution in [1.82, 2.24) is 0 Å². The van der Waals surface area contributed by atoms with Gasteiger partial charge in [0, 0.05) is 16.3 Å². The van der Waals surface area contributed by atoms with Crippen LogP contribution in [0, 0.1) is 0 Å². The third-order valence-electron chi connectivity index (χ3n) is 4.00. The van der Waals surface area contributed by atoms with Crippen molar-refractivity contribution in [3.63, 3.8) is 0 Å². The Hall–Kier alpha value is -3.07. The minimum atomic E-state index is -4.05. The van der Waals surface area contributed by atoms with Gasteiger partial charge in [0.1, 0.15) is 4.90 Å². The molecule has 3 aromatic carbocycles. The molecule has 30 heavy (non-hydrogen) atoms. The lowest BCUT2D eigenvalue weighted by molar-refractivity contribution is 0.100. The molecule has 7 nitrogen and oxygen atoms in total. The quantitative estimate of drug-likeness (QED) is 0.508. The Kier molecular flexibility index (Phi) is 6.31. The van der Waals surface area contributed by atoms with Crippen molar-refractivity contribution in [1.29, 1.82) is 0 Å². The maximum absolute atomic E-state index is 12.7. The Bertz CT molecular complexity index is 1250. The van der Waals surface area contributed by atoms with Gasteiger partial charge in [0.25, 0.3) is 21.8 Å². The molecule has 3 rings (SSSR count). The van der Waals surface area contributed by atoms with Gasteiger partial charge in [-0.15, -0.1) is 0 Å². The second-order valence-corrected chi connectivity index (χ2v) is 8.62. The summed E-state index contributed by atoms with van der Waals surface area (Å²) in [6, 6.07) is 16.2. The van der Waals surface area contributed by atoms with Crippen LogP contribution in [-0.2, 0) is 10.0 Å². The highest BCUT2D eigenvalue weighted by molar-refractivity contribution is 7.92. The van der Waals surface area contributed by atoms with Crippen LogP contribution < -0.4 is 15.8 Å². The van der Waals surface area contributed by atoms with E-state index in [0.29, 0.717) is 0 Å². The molecule has 0 saturated carbocycles. The van der Waals surface area contributed by atoms with Gasteiger partial charge in [-0.2, -0.15) is 0 Å². The van der Waals surface area contributed by atoms with E-state index in [1.54, 1.807) is 12.1 Å². The summed E-state index contributed by atoms with van der Waals surface area (Å²) in [6.45, 7) is 0. The number of carbonyl (C=O) groups is 2. The molecule has 0 aliphatic heterocycles. The molecule has 154 valence electrons. The van der Waals surface area contributed by atoms with E-state index in [1.807, 2.05) is 0 Å². The molecule has 0 aromatic heterocycles. The minimum absolute atomic E-state index is 0.00357. The minimum Gasteiger partial charge on any atom is -0.366 e. The molecule has 0 spiro atoms. The number of carbonyl (C=O) groups excluding carboxylic acids is 2. The zero-order valence-electron chi connectivity index (χ0n) is 15.2. The van der Waals surface area contributed by atoms with Crippen molar-refractivity contribution in [3.05, 3.63) is 87.9 Å². The van der Waals surface area contributed by atoms with Gasteiger partial charge in [-0.25, -0.2) is 8.42 Å². The predicted molar refractivity (Wildman–Crippen MR) is 117 cm³/mol. The molecular weight excluding hydrogens is 449 g/mol. The average molecular weight is 464 g/mol. The number of benzene rings is 3. The standard InChI is InChI=1S/C20H15Cl2N3O4S/c21-13-8-9-16(22)18(11-13)30(28,29)25-14-5-3-4-12(10-14)20(27)24-17-7-2-1-6-15(17)19(23)26/h1-11,25H,(H2,23,26)(H,24,27). The first-order chi connectivity index (χ1) is 14.2. The molecule has 0 atom stereocenters. The second kappa shape index (κ2) is 8.74. The van der Waals surface area contributed by atoms with Crippen LogP contribution in [0.2, 0.25) is 10.0 Å². The molecule has 0 aliphatic carbocycles. The number of primary amides is 1. The van der Waals surface area contributed by atoms with E-state index in [-0.39, 0.29) is 37.4 Å². The maximum atomic E-state index is 12.7. The molecule has 0 heterocycles. The lowest BCUT2D eigenvalue weighted by atomic mass is 10.1. The number of rotatable bonds is 6. The van der Waals surface area contributed by atoms with Crippen LogP contribution in [0.1, 0.15) is 20.7 Å². The number of sulfonamides is 1. The molecule has 3 aromatic rings. The zero-order valence-corrected chi connectivity index (χ0v) is 17.6. The number of nitrogens with two attached hydrogens (primary N) is 1. The SMILES string of the molecule is NC(=O)c1ccccc1NC(=O)c1cccc(NS(=O)(=O)c2cc(Cl)ccc2Cl)c1. The lowest BCUT2D eigenvalue weighted by Crippen LogP contribution is -2.18. The van der Waals surface area contributed by atoms with Crippen LogP contribution in [0.15, 0.2) is 71.6 Å². The van der Waals surface area contributed by atoms with Gasteiger partial charge in [0.15, 0.2) is 0 Å². The highest BCUT2D eigenvalue weighted by atomic mass is 35.5. The van der Waals surface area contributed by atoms with Crippen molar-refractivity contribution < 1.29 is 18.0 Å². The van der Waals surface area contributed by atoms with Gasteiger partial charge in [0.2, 0.25) is 0 Å². The Morgan fingerprint density at radius 1 is 0.900 bits per heavy atom. The number of hydrogen-bond acceptors (Lipinski definition) is 4. The zero-order chi connectivity index (χ0) is 21.9. The Morgan fingerprint density at radius 2 is 1.63 bits per heavy atom. The summed E-state index contributed by atoms with van der Waals surface area (Å²) in [5.74, 6) is -1.24. The van der Waals surface area contributed by atoms with E-state index >= 15 is 0 Å². The summed E-state index contributed by atoms with van der Waals surface area (Å²) in [6.07, 6.45) is 0. The van der Waals surface area contributed by atoms with Crippen LogP contribution in [-0.4, -0.2) is 20.2 Å². The van der Waals surface area contributed by atoms with Gasteiger partial charge in [-0.05, 0) is 48.5 Å². The monoisotopic (exact) mass is 463 g/mol. The topological polar surface area (TPSA) is 118 Å². The first kappa shape index (κ1) is 21.6. The van der Waals surface area contributed by atoms with Gasteiger partial charge in [0.05, 0.1) is 16.3 Å². The highest BCUT2D eigenvalue weighted by Gasteiger charge is 2.19. The van der Waals surface area contributed by atoms with E-state index in [2.05, 4.69) is 10.0 Å². The fourth-order valence-corrected chi connectivity index (χ4v) is 4.43. The fraction of sp³-hybridized carbons (Fsp3) is 0. The third-order valence-corrected chi connectivity index (χ3v) is 6.10. The van der Waals surface area contributed by atoms with E-state index in [0.717, 1.165) is 0 Å². The van der Waals surface area contributed by atoms with E-state index < -0.39 is 21.8 Å². The van der Waals surface area contributed by atoms with E-state index in [4.69, 9.17) is 28.9 Å². The van der Waals surface area contributed by atoms with Crippen LogP contribution >= 0.6 is 23.2 Å². The molecule has 0 fully saturated rings. The van der Waals surface area contributed by atoms with Gasteiger partial charge in [-0.3, -0.25) is 14.3 Å². The lowest BCUT2D eigenvalue weighted by Gasteiger charge is -2.12. The van der Waals surface area contributed by atoms with E-state index in [1.165, 1.54) is 54.6 Å². The molecule has 0 unspecified atom stereocenters. The molecule has 0 radical (unpaired) electrons. The molecular formula is C20H15Cl2N3O4S. The third kappa shape index (κ3) is 4.91. The molecule has 0 bridgehead atoms. The van der Waals surface area contributed by atoms with Crippen molar-refractivity contribution in [2.75, 3.05) is 10.0 Å². The van der Waals surface area contributed by atoms with Crippen LogP contribution in [0.4, 0.5) is 11.4 Å². The number of nitrogens with one attached hydrogen (secondary N) is 2. The number of halogens is 2. The van der Waals surface area contributed by atoms with Gasteiger partial charge in [-0.1, -0.05) is 41.4 Å². The summed E-state index contributed by atoms with van der Waals surface area (Å²) in [5, 5.41) is 2.80. The normalized spacial score (nSPS) is 11.0. The number of para-hydroxylation sites is 1. The summed E-state index contributed by atoms with van der Waals surface area (Å²) in [5.41, 5.74) is 6.01. The van der Waals surface area contributed by atoms with E-state index in [9.17, 15) is 18.0 Å². The molecule has 0 aliphatic rings. The first-order valence-electron chi connectivity index (χ1n) is 8.45. The second-order valence-electron chi connectivity index (χ2n) is 6.13. The highest BCUT2D eigenvalue weighted by Crippen LogP contribution is 2.27. The summed E-state index contributed by atoms with van der Waals surface area (Å²) in [7, 11) is -4.05. The Morgan fingerprint density at radius 3 is 2.37 bits per heavy atom. The maximum Gasteiger partial charge on any atom is 0.263 e. The van der Waals surface area contributed by atoms with Crippen molar-refractivity contribution in [3.8, 4) is 0 Å². The Labute approximate surface area is 182 Å². The number of hydrogen-bond donors (Lipinski definition) is 3.